The molecule has 1 aromatic rings. The standard InChI is InChI=1S/C15H19N3O4/c1-9-6-11(9)12-4-2-10(22-12)3-5-15(21)18(7-13(16)19)8-14(17)20/h2-5,9,11H,6-8H2,1H3,(H2,16,19)(H2,17,20). The molecule has 1 heterocycles. The van der Waals surface area contributed by atoms with Crippen molar-refractivity contribution in [2.24, 2.45) is 17.4 Å². The van der Waals surface area contributed by atoms with Gasteiger partial charge in [0.15, 0.2) is 0 Å². The van der Waals surface area contributed by atoms with Crippen LogP contribution in [0.5, 0.6) is 0 Å². The van der Waals surface area contributed by atoms with Crippen molar-refractivity contribution in [1.29, 1.82) is 0 Å². The minimum Gasteiger partial charge on any atom is -0.461 e. The highest BCUT2D eigenvalue weighted by Crippen LogP contribution is 2.47. The summed E-state index contributed by atoms with van der Waals surface area (Å²) in [5.74, 6) is 0.573. The molecule has 4 N–H and O–H groups in total. The molecule has 1 aliphatic rings. The Bertz CT molecular complexity index is 604. The molecule has 22 heavy (non-hydrogen) atoms. The van der Waals surface area contributed by atoms with Gasteiger partial charge in [-0.3, -0.25) is 14.4 Å². The molecule has 0 aromatic carbocycles. The second-order valence-electron chi connectivity index (χ2n) is 5.52. The number of carbonyl (C=O) groups is 3. The number of nitrogens with two attached hydrogens (primary N) is 2. The third-order valence-electron chi connectivity index (χ3n) is 3.52. The fourth-order valence-electron chi connectivity index (χ4n) is 2.22. The van der Waals surface area contributed by atoms with Gasteiger partial charge < -0.3 is 20.8 Å². The van der Waals surface area contributed by atoms with Crippen LogP contribution in [0.1, 0.15) is 30.8 Å². The first-order valence-corrected chi connectivity index (χ1v) is 7.00. The summed E-state index contributed by atoms with van der Waals surface area (Å²) in [4.78, 5) is 34.8. The van der Waals surface area contributed by atoms with Gasteiger partial charge in [-0.2, -0.15) is 0 Å². The van der Waals surface area contributed by atoms with E-state index in [-0.39, 0.29) is 13.1 Å². The van der Waals surface area contributed by atoms with Crippen LogP contribution in [0.25, 0.3) is 6.08 Å². The Morgan fingerprint density at radius 3 is 2.36 bits per heavy atom. The number of hydrogen-bond donors (Lipinski definition) is 2. The highest BCUT2D eigenvalue weighted by Gasteiger charge is 2.36. The summed E-state index contributed by atoms with van der Waals surface area (Å²) in [5.41, 5.74) is 10.1. The summed E-state index contributed by atoms with van der Waals surface area (Å²) in [6, 6.07) is 3.67. The number of hydrogen-bond acceptors (Lipinski definition) is 4. The Morgan fingerprint density at radius 1 is 1.27 bits per heavy atom. The third kappa shape index (κ3) is 4.21. The number of nitrogens with zero attached hydrogens (tertiary/aromatic N) is 1. The quantitative estimate of drug-likeness (QED) is 0.700. The monoisotopic (exact) mass is 305 g/mol. The number of carbonyl (C=O) groups excluding carboxylic acids is 3. The minimum absolute atomic E-state index is 0.366. The van der Waals surface area contributed by atoms with Crippen LogP contribution in [0.15, 0.2) is 22.6 Å². The molecule has 2 rings (SSSR count). The lowest BCUT2D eigenvalue weighted by molar-refractivity contribution is -0.134. The van der Waals surface area contributed by atoms with E-state index in [9.17, 15) is 14.4 Å². The van der Waals surface area contributed by atoms with E-state index in [0.29, 0.717) is 17.6 Å². The minimum atomic E-state index is -0.717. The molecule has 7 nitrogen and oxygen atoms in total. The molecule has 1 aliphatic carbocycles. The van der Waals surface area contributed by atoms with E-state index in [4.69, 9.17) is 15.9 Å². The third-order valence-corrected chi connectivity index (χ3v) is 3.52. The zero-order valence-corrected chi connectivity index (χ0v) is 12.3. The highest BCUT2D eigenvalue weighted by atomic mass is 16.3. The van der Waals surface area contributed by atoms with Gasteiger partial charge in [-0.1, -0.05) is 6.92 Å². The fourth-order valence-corrected chi connectivity index (χ4v) is 2.22. The van der Waals surface area contributed by atoms with Crippen molar-refractivity contribution < 1.29 is 18.8 Å². The maximum absolute atomic E-state index is 12.0. The summed E-state index contributed by atoms with van der Waals surface area (Å²) in [5, 5.41) is 0. The number of rotatable bonds is 7. The summed E-state index contributed by atoms with van der Waals surface area (Å²) in [6.45, 7) is 1.42. The number of primary amides is 2. The lowest BCUT2D eigenvalue weighted by Gasteiger charge is -2.17. The molecule has 0 bridgehead atoms. The van der Waals surface area contributed by atoms with Crippen molar-refractivity contribution in [3.8, 4) is 0 Å². The predicted molar refractivity (Wildman–Crippen MR) is 79.2 cm³/mol. The normalized spacial score (nSPS) is 20.0. The lowest BCUT2D eigenvalue weighted by atomic mass is 10.3. The Labute approximate surface area is 127 Å². The summed E-state index contributed by atoms with van der Waals surface area (Å²) >= 11 is 0. The molecule has 2 unspecified atom stereocenters. The molecular weight excluding hydrogens is 286 g/mol. The van der Waals surface area contributed by atoms with Crippen molar-refractivity contribution in [2.45, 2.75) is 19.3 Å². The Morgan fingerprint density at radius 2 is 1.86 bits per heavy atom. The average molecular weight is 305 g/mol. The van der Waals surface area contributed by atoms with Crippen LogP contribution in [0.4, 0.5) is 0 Å². The van der Waals surface area contributed by atoms with Crippen molar-refractivity contribution >= 4 is 23.8 Å². The van der Waals surface area contributed by atoms with E-state index in [1.807, 2.05) is 6.07 Å². The van der Waals surface area contributed by atoms with Crippen LogP contribution < -0.4 is 11.5 Å². The summed E-state index contributed by atoms with van der Waals surface area (Å²) in [7, 11) is 0. The van der Waals surface area contributed by atoms with Gasteiger partial charge in [0, 0.05) is 12.0 Å². The van der Waals surface area contributed by atoms with Gasteiger partial charge in [0.1, 0.15) is 24.6 Å². The first-order valence-electron chi connectivity index (χ1n) is 7.00. The maximum atomic E-state index is 12.0. The van der Waals surface area contributed by atoms with Crippen LogP contribution in [-0.4, -0.2) is 35.7 Å². The molecule has 1 fully saturated rings. The Balaban J connectivity index is 1.99. The zero-order chi connectivity index (χ0) is 16.3. The lowest BCUT2D eigenvalue weighted by Crippen LogP contribution is -2.42. The van der Waals surface area contributed by atoms with Gasteiger partial charge in [0.2, 0.25) is 17.7 Å². The van der Waals surface area contributed by atoms with Crippen LogP contribution in [0, 0.1) is 5.92 Å². The zero-order valence-electron chi connectivity index (χ0n) is 12.3. The van der Waals surface area contributed by atoms with Crippen LogP contribution in [0.2, 0.25) is 0 Å². The van der Waals surface area contributed by atoms with Gasteiger partial charge in [-0.25, -0.2) is 0 Å². The predicted octanol–water partition coefficient (Wildman–Crippen LogP) is 0.215. The van der Waals surface area contributed by atoms with E-state index in [0.717, 1.165) is 17.1 Å². The van der Waals surface area contributed by atoms with Gasteiger partial charge in [0.05, 0.1) is 0 Å². The largest absolute Gasteiger partial charge is 0.461 e. The van der Waals surface area contributed by atoms with Crippen molar-refractivity contribution in [1.82, 2.24) is 4.90 Å². The summed E-state index contributed by atoms with van der Waals surface area (Å²) < 4.78 is 5.63. The van der Waals surface area contributed by atoms with Crippen molar-refractivity contribution in [2.75, 3.05) is 13.1 Å². The molecule has 0 aliphatic heterocycles. The van der Waals surface area contributed by atoms with E-state index in [1.54, 1.807) is 6.07 Å². The SMILES string of the molecule is CC1CC1c1ccc(C=CC(=O)N(CC(N)=O)CC(N)=O)o1. The Hall–Kier alpha value is -2.57. The smallest absolute Gasteiger partial charge is 0.247 e. The molecule has 118 valence electrons. The fraction of sp³-hybridized carbons (Fsp3) is 0.400. The average Bonchev–Trinajstić information content (AvgIpc) is 2.97. The summed E-state index contributed by atoms with van der Waals surface area (Å²) in [6.07, 6.45) is 3.83. The van der Waals surface area contributed by atoms with Gasteiger partial charge >= 0.3 is 0 Å². The number of amides is 3. The molecular formula is C15H19N3O4. The van der Waals surface area contributed by atoms with E-state index in [1.165, 1.54) is 12.2 Å². The van der Waals surface area contributed by atoms with Gasteiger partial charge in [0.25, 0.3) is 0 Å². The second-order valence-corrected chi connectivity index (χ2v) is 5.52. The molecule has 0 spiro atoms. The molecule has 0 radical (unpaired) electrons. The molecule has 1 aromatic heterocycles. The first kappa shape index (κ1) is 15.8. The first-order chi connectivity index (χ1) is 10.4. The molecule has 0 saturated heterocycles. The highest BCUT2D eigenvalue weighted by molar-refractivity contribution is 5.96. The topological polar surface area (TPSA) is 120 Å². The van der Waals surface area contributed by atoms with E-state index in [2.05, 4.69) is 6.92 Å². The Kier molecular flexibility index (Phi) is 4.65. The van der Waals surface area contributed by atoms with Crippen LogP contribution in [0.3, 0.4) is 0 Å². The second kappa shape index (κ2) is 6.46. The molecule has 1 saturated carbocycles. The maximum Gasteiger partial charge on any atom is 0.247 e. The van der Waals surface area contributed by atoms with Crippen LogP contribution >= 0.6 is 0 Å². The van der Waals surface area contributed by atoms with E-state index < -0.39 is 17.7 Å². The van der Waals surface area contributed by atoms with Gasteiger partial charge in [-0.05, 0) is 30.5 Å². The molecule has 2 atom stereocenters. The van der Waals surface area contributed by atoms with E-state index >= 15 is 0 Å². The van der Waals surface area contributed by atoms with Gasteiger partial charge in [-0.15, -0.1) is 0 Å². The van der Waals surface area contributed by atoms with Crippen molar-refractivity contribution in [3.63, 3.8) is 0 Å². The molecule has 7 heteroatoms. The van der Waals surface area contributed by atoms with Crippen LogP contribution in [-0.2, 0) is 14.4 Å². The van der Waals surface area contributed by atoms with Crippen molar-refractivity contribution in [3.05, 3.63) is 29.7 Å². The number of furan rings is 1. The molecule has 3 amide bonds.